The number of benzene rings is 1. The van der Waals surface area contributed by atoms with Crippen LogP contribution < -0.4 is 4.90 Å². The molecule has 30 heavy (non-hydrogen) atoms. The van der Waals surface area contributed by atoms with Crippen molar-refractivity contribution in [3.63, 3.8) is 0 Å². The number of piperazine rings is 1. The van der Waals surface area contributed by atoms with Gasteiger partial charge in [-0.15, -0.1) is 0 Å². The van der Waals surface area contributed by atoms with E-state index in [1.165, 1.54) is 6.07 Å². The number of nitro benzene ring substituents is 1. The highest BCUT2D eigenvalue weighted by Gasteiger charge is 2.34. The molecule has 0 unspecified atom stereocenters. The Balaban J connectivity index is 1.45. The van der Waals surface area contributed by atoms with Crippen LogP contribution in [0.3, 0.4) is 0 Å². The van der Waals surface area contributed by atoms with E-state index >= 15 is 0 Å². The van der Waals surface area contributed by atoms with Gasteiger partial charge in [0.25, 0.3) is 5.69 Å². The Hall–Kier alpha value is -2.47. The van der Waals surface area contributed by atoms with E-state index in [-0.39, 0.29) is 5.69 Å². The van der Waals surface area contributed by atoms with Gasteiger partial charge in [0.1, 0.15) is 11.5 Å². The van der Waals surface area contributed by atoms with Crippen molar-refractivity contribution in [1.29, 1.82) is 0 Å². The molecule has 0 bridgehead atoms. The minimum absolute atomic E-state index is 0.207. The lowest BCUT2D eigenvalue weighted by Crippen LogP contribution is -2.47. The van der Waals surface area contributed by atoms with E-state index in [1.807, 2.05) is 11.6 Å². The van der Waals surface area contributed by atoms with Crippen molar-refractivity contribution in [3.8, 4) is 0 Å². The summed E-state index contributed by atoms with van der Waals surface area (Å²) in [6, 6.07) is 2.68. The first-order valence-electron chi connectivity index (χ1n) is 9.62. The number of nitro groups is 1. The maximum atomic E-state index is 12.9. The Morgan fingerprint density at radius 1 is 1.23 bits per heavy atom. The van der Waals surface area contributed by atoms with E-state index in [1.54, 1.807) is 9.58 Å². The van der Waals surface area contributed by atoms with Crippen LogP contribution >= 0.6 is 12.2 Å². The van der Waals surface area contributed by atoms with Gasteiger partial charge in [-0.3, -0.25) is 15.0 Å². The quantitative estimate of drug-likeness (QED) is 0.401. The Kier molecular flexibility index (Phi) is 5.30. The summed E-state index contributed by atoms with van der Waals surface area (Å²) in [5.74, 6) is 1.48. The topological polar surface area (TPSA) is 72.4 Å². The van der Waals surface area contributed by atoms with Crippen molar-refractivity contribution in [2.45, 2.75) is 31.6 Å². The maximum Gasteiger partial charge on any atom is 0.416 e. The zero-order valence-electron chi connectivity index (χ0n) is 16.3. The van der Waals surface area contributed by atoms with Gasteiger partial charge in [0, 0.05) is 45.2 Å². The minimum atomic E-state index is -4.62. The number of aromatic nitrogens is 3. The van der Waals surface area contributed by atoms with Gasteiger partial charge >= 0.3 is 6.18 Å². The van der Waals surface area contributed by atoms with Crippen molar-refractivity contribution < 1.29 is 18.1 Å². The second-order valence-corrected chi connectivity index (χ2v) is 8.04. The fraction of sp³-hybridized carbons (Fsp3) is 0.556. The number of alkyl halides is 3. The summed E-state index contributed by atoms with van der Waals surface area (Å²) in [5.41, 5.74) is -1.34. The summed E-state index contributed by atoms with van der Waals surface area (Å²) in [6.45, 7) is 2.62. The monoisotopic (exact) mass is 442 g/mol. The van der Waals surface area contributed by atoms with Gasteiger partial charge in [0.15, 0.2) is 4.77 Å². The highest BCUT2D eigenvalue weighted by molar-refractivity contribution is 7.71. The fourth-order valence-corrected chi connectivity index (χ4v) is 3.92. The molecule has 12 heteroatoms. The molecule has 1 aromatic carbocycles. The first-order chi connectivity index (χ1) is 14.1. The molecular weight excluding hydrogens is 421 g/mol. The Morgan fingerprint density at radius 2 is 1.90 bits per heavy atom. The molecule has 0 atom stereocenters. The van der Waals surface area contributed by atoms with Crippen LogP contribution in [0.5, 0.6) is 0 Å². The predicted octanol–water partition coefficient (Wildman–Crippen LogP) is 3.54. The first kappa shape index (κ1) is 20.8. The smallest absolute Gasteiger partial charge is 0.363 e. The molecule has 0 spiro atoms. The lowest BCUT2D eigenvalue weighted by atomic mass is 10.1. The standard InChI is InChI=1S/C18H21F3N6O2S/c1-23-16(12-2-3-12)22-26(17(23)30)11-24-6-8-25(9-7-24)14-5-4-13(18(19,20)21)10-15(14)27(28)29/h4-5,10,12H,2-3,6-9,11H2,1H3. The van der Waals surface area contributed by atoms with Crippen molar-refractivity contribution in [3.05, 3.63) is 44.5 Å². The molecule has 2 heterocycles. The molecule has 1 aliphatic carbocycles. The van der Waals surface area contributed by atoms with Crippen molar-refractivity contribution in [2.24, 2.45) is 7.05 Å². The Bertz CT molecular complexity index is 1020. The number of rotatable bonds is 5. The van der Waals surface area contributed by atoms with Crippen LogP contribution in [0.25, 0.3) is 0 Å². The van der Waals surface area contributed by atoms with Crippen LogP contribution in [0, 0.1) is 14.9 Å². The van der Waals surface area contributed by atoms with Gasteiger partial charge in [0.2, 0.25) is 0 Å². The fourth-order valence-electron chi connectivity index (χ4n) is 3.73. The van der Waals surface area contributed by atoms with E-state index in [0.29, 0.717) is 49.6 Å². The molecule has 1 aromatic heterocycles. The third-order valence-corrected chi connectivity index (χ3v) is 6.05. The molecule has 1 saturated carbocycles. The van der Waals surface area contributed by atoms with Crippen LogP contribution in [0.15, 0.2) is 18.2 Å². The zero-order valence-corrected chi connectivity index (χ0v) is 17.1. The predicted molar refractivity (Wildman–Crippen MR) is 106 cm³/mol. The molecular formula is C18H21F3N6O2S. The Morgan fingerprint density at radius 3 is 2.47 bits per heavy atom. The number of hydrogen-bond donors (Lipinski definition) is 0. The largest absolute Gasteiger partial charge is 0.416 e. The SMILES string of the molecule is Cn1c(C2CC2)nn(CN2CCN(c3ccc(C(F)(F)F)cc3[N+](=O)[O-])CC2)c1=S. The molecule has 1 saturated heterocycles. The second-order valence-electron chi connectivity index (χ2n) is 7.68. The van der Waals surface area contributed by atoms with E-state index in [0.717, 1.165) is 24.7 Å². The Labute approximate surface area is 175 Å². The highest BCUT2D eigenvalue weighted by atomic mass is 32.1. The minimum Gasteiger partial charge on any atom is -0.363 e. The molecule has 0 radical (unpaired) electrons. The van der Waals surface area contributed by atoms with Crippen LogP contribution in [0.1, 0.15) is 30.1 Å². The van der Waals surface area contributed by atoms with Gasteiger partial charge in [0.05, 0.1) is 17.2 Å². The average Bonchev–Trinajstić information content (AvgIpc) is 3.50. The van der Waals surface area contributed by atoms with Crippen molar-refractivity contribution in [2.75, 3.05) is 31.1 Å². The van der Waals surface area contributed by atoms with Gasteiger partial charge in [-0.05, 0) is 37.2 Å². The lowest BCUT2D eigenvalue weighted by molar-refractivity contribution is -0.384. The summed E-state index contributed by atoms with van der Waals surface area (Å²) in [7, 11) is 1.92. The van der Waals surface area contributed by atoms with E-state index < -0.39 is 22.4 Å². The normalized spacial score (nSPS) is 18.1. The number of anilines is 1. The highest BCUT2D eigenvalue weighted by Crippen LogP contribution is 2.39. The average molecular weight is 442 g/mol. The molecule has 8 nitrogen and oxygen atoms in total. The number of hydrogen-bond acceptors (Lipinski definition) is 6. The molecule has 2 fully saturated rings. The summed E-state index contributed by atoms with van der Waals surface area (Å²) in [6.07, 6.45) is -2.36. The van der Waals surface area contributed by atoms with Crippen LogP contribution in [-0.2, 0) is 19.9 Å². The third-order valence-electron chi connectivity index (χ3n) is 5.56. The number of nitrogens with zero attached hydrogens (tertiary/aromatic N) is 6. The molecule has 1 aliphatic heterocycles. The molecule has 162 valence electrons. The lowest BCUT2D eigenvalue weighted by Gasteiger charge is -2.35. The summed E-state index contributed by atoms with van der Waals surface area (Å²) in [4.78, 5) is 14.5. The van der Waals surface area contributed by atoms with Crippen molar-refractivity contribution >= 4 is 23.6 Å². The van der Waals surface area contributed by atoms with Crippen LogP contribution in [0.4, 0.5) is 24.5 Å². The summed E-state index contributed by atoms with van der Waals surface area (Å²) < 4.78 is 43.1. The van der Waals surface area contributed by atoms with E-state index in [9.17, 15) is 23.3 Å². The van der Waals surface area contributed by atoms with E-state index in [4.69, 9.17) is 12.2 Å². The van der Waals surface area contributed by atoms with Gasteiger partial charge in [-0.1, -0.05) is 0 Å². The van der Waals surface area contributed by atoms with Gasteiger partial charge < -0.3 is 9.47 Å². The third kappa shape index (κ3) is 4.06. The second kappa shape index (κ2) is 7.65. The van der Waals surface area contributed by atoms with Crippen LogP contribution in [-0.4, -0.2) is 50.3 Å². The molecule has 0 N–H and O–H groups in total. The van der Waals surface area contributed by atoms with Crippen molar-refractivity contribution in [1.82, 2.24) is 19.2 Å². The molecule has 2 aliphatic rings. The maximum absolute atomic E-state index is 12.9. The van der Waals surface area contributed by atoms with Gasteiger partial charge in [-0.25, -0.2) is 4.68 Å². The van der Waals surface area contributed by atoms with Gasteiger partial charge in [-0.2, -0.15) is 18.3 Å². The first-order valence-corrected chi connectivity index (χ1v) is 10.0. The zero-order chi connectivity index (χ0) is 21.6. The van der Waals surface area contributed by atoms with E-state index in [2.05, 4.69) is 10.00 Å². The summed E-state index contributed by atoms with van der Waals surface area (Å²) >= 11 is 5.48. The summed E-state index contributed by atoms with van der Waals surface area (Å²) in [5, 5.41) is 16.0. The molecule has 4 rings (SSSR count). The van der Waals surface area contributed by atoms with Crippen LogP contribution in [0.2, 0.25) is 0 Å². The number of halogens is 3. The molecule has 0 amide bonds. The molecule has 2 aromatic rings.